The van der Waals surface area contributed by atoms with E-state index in [0.29, 0.717) is 0 Å². The smallest absolute Gasteiger partial charge is 0.0703 e. The lowest BCUT2D eigenvalue weighted by Crippen LogP contribution is -3.00. The van der Waals surface area contributed by atoms with Crippen LogP contribution < -0.4 is 17.0 Å². The molecule has 0 aromatic heterocycles. The van der Waals surface area contributed by atoms with Gasteiger partial charge < -0.3 is 17.0 Å². The number of halogens is 2. The van der Waals surface area contributed by atoms with Crippen LogP contribution in [0.25, 0.3) is 0 Å². The molecule has 0 N–H and O–H groups in total. The molecule has 0 aromatic rings. The number of unbranched alkanes of at least 4 members (excludes halogenated alkanes) is 7. The maximum absolute atomic E-state index is 3.57. The Labute approximate surface area is 215 Å². The maximum Gasteiger partial charge on any atom is 0.0703 e. The summed E-state index contributed by atoms with van der Waals surface area (Å²) < 4.78 is 0. The molecule has 0 nitrogen and oxygen atoms in total. The predicted molar refractivity (Wildman–Crippen MR) is 143 cm³/mol. The average molecular weight is 581 g/mol. The highest BCUT2D eigenvalue weighted by Gasteiger charge is 2.56. The Hall–Kier alpha value is 1.39. The number of rotatable bonds is 13. The SMILES string of the molecule is BrCCCCCCCCCC[P+](C1CCCCC1)(C1CCCCC1)C1CCCCC1.[Br-]. The Morgan fingerprint density at radius 2 is 0.774 bits per heavy atom. The van der Waals surface area contributed by atoms with Gasteiger partial charge in [0.25, 0.3) is 0 Å². The third-order valence-corrected chi connectivity index (χ3v) is 16.5. The molecule has 0 atom stereocenters. The highest BCUT2D eigenvalue weighted by Crippen LogP contribution is 2.77. The van der Waals surface area contributed by atoms with Gasteiger partial charge in [0.15, 0.2) is 0 Å². The molecule has 0 amide bonds. The van der Waals surface area contributed by atoms with E-state index in [2.05, 4.69) is 15.9 Å². The Kier molecular flexibility index (Phi) is 15.6. The zero-order valence-corrected chi connectivity index (χ0v) is 24.7. The van der Waals surface area contributed by atoms with Crippen molar-refractivity contribution in [2.24, 2.45) is 0 Å². The molecular weight excluding hydrogens is 527 g/mol. The molecule has 0 saturated heterocycles. The fourth-order valence-corrected chi connectivity index (χ4v) is 15.7. The van der Waals surface area contributed by atoms with Crippen LogP contribution in [0, 0.1) is 0 Å². The van der Waals surface area contributed by atoms with Crippen LogP contribution in [0.15, 0.2) is 0 Å². The molecule has 3 fully saturated rings. The summed E-state index contributed by atoms with van der Waals surface area (Å²) in [7, 11) is -0.798. The van der Waals surface area contributed by atoms with E-state index >= 15 is 0 Å². The highest BCUT2D eigenvalue weighted by molar-refractivity contribution is 9.09. The second kappa shape index (κ2) is 16.9. The van der Waals surface area contributed by atoms with Crippen LogP contribution in [-0.4, -0.2) is 28.5 Å². The van der Waals surface area contributed by atoms with Gasteiger partial charge in [0.1, 0.15) is 0 Å². The van der Waals surface area contributed by atoms with Crippen LogP contribution in [-0.2, 0) is 0 Å². The van der Waals surface area contributed by atoms with E-state index in [1.165, 1.54) is 60.8 Å². The van der Waals surface area contributed by atoms with Crippen LogP contribution >= 0.6 is 23.2 Å². The van der Waals surface area contributed by atoms with Gasteiger partial charge in [-0.1, -0.05) is 67.3 Å². The number of alkyl halides is 1. The van der Waals surface area contributed by atoms with E-state index in [9.17, 15) is 0 Å². The zero-order valence-electron chi connectivity index (χ0n) is 20.6. The quantitative estimate of drug-likeness (QED) is 0.120. The summed E-state index contributed by atoms with van der Waals surface area (Å²) in [5.74, 6) is 0. The molecule has 3 aliphatic carbocycles. The second-order valence-corrected chi connectivity index (χ2v) is 16.5. The molecular formula is C28H53Br2P. The van der Waals surface area contributed by atoms with Crippen LogP contribution in [0.3, 0.4) is 0 Å². The summed E-state index contributed by atoms with van der Waals surface area (Å²) in [6.07, 6.45) is 37.5. The number of hydrogen-bond donors (Lipinski definition) is 0. The monoisotopic (exact) mass is 578 g/mol. The minimum Gasteiger partial charge on any atom is -1.00 e. The van der Waals surface area contributed by atoms with Gasteiger partial charge in [-0.2, -0.15) is 0 Å². The largest absolute Gasteiger partial charge is 1.00 e. The summed E-state index contributed by atoms with van der Waals surface area (Å²) in [4.78, 5) is 0. The molecule has 3 aliphatic rings. The minimum absolute atomic E-state index is 0. The highest BCUT2D eigenvalue weighted by atomic mass is 79.9. The van der Waals surface area contributed by atoms with E-state index in [0.717, 1.165) is 0 Å². The van der Waals surface area contributed by atoms with Crippen molar-refractivity contribution in [2.75, 3.05) is 11.5 Å². The molecule has 3 rings (SSSR count). The lowest BCUT2D eigenvalue weighted by molar-refractivity contribution is -0.00000631. The summed E-state index contributed by atoms with van der Waals surface area (Å²) in [5, 5.41) is 1.20. The van der Waals surface area contributed by atoms with Crippen LogP contribution in [0.4, 0.5) is 0 Å². The van der Waals surface area contributed by atoms with E-state index in [1.807, 2.05) is 0 Å². The normalized spacial score (nSPS) is 22.4. The van der Waals surface area contributed by atoms with E-state index in [4.69, 9.17) is 0 Å². The fraction of sp³-hybridized carbons (Fsp3) is 1.00. The van der Waals surface area contributed by atoms with Crippen molar-refractivity contribution in [2.45, 2.75) is 165 Å². The Balaban J connectivity index is 0.00000341. The van der Waals surface area contributed by atoms with Crippen molar-refractivity contribution in [3.05, 3.63) is 0 Å². The lowest BCUT2D eigenvalue weighted by atomic mass is 9.99. The van der Waals surface area contributed by atoms with E-state index in [-0.39, 0.29) is 17.0 Å². The molecule has 0 radical (unpaired) electrons. The standard InChI is InChI=1S/C28H53BrP.BrH/c29-24-16-5-3-1-2-4-6-17-25-30(26-18-10-7-11-19-26,27-20-12-8-13-21-27)28-22-14-9-15-23-28;/h26-28H,1-25H2;1H/q+1;/p-1. The molecule has 0 aromatic carbocycles. The zero-order chi connectivity index (χ0) is 20.9. The molecule has 0 heterocycles. The van der Waals surface area contributed by atoms with Gasteiger partial charge in [-0.05, 0) is 96.3 Å². The predicted octanol–water partition coefficient (Wildman–Crippen LogP) is 7.52. The third-order valence-electron chi connectivity index (χ3n) is 9.19. The van der Waals surface area contributed by atoms with Gasteiger partial charge in [0.2, 0.25) is 0 Å². The molecule has 0 aliphatic heterocycles. The Bertz CT molecular complexity index is 377. The van der Waals surface area contributed by atoms with Gasteiger partial charge >= 0.3 is 0 Å². The maximum atomic E-state index is 3.57. The Morgan fingerprint density at radius 3 is 1.13 bits per heavy atom. The first-order chi connectivity index (χ1) is 14.9. The van der Waals surface area contributed by atoms with Crippen molar-refractivity contribution >= 4 is 23.2 Å². The van der Waals surface area contributed by atoms with Gasteiger partial charge in [-0.25, -0.2) is 0 Å². The molecule has 184 valence electrons. The van der Waals surface area contributed by atoms with Crippen LogP contribution in [0.1, 0.15) is 148 Å². The minimum atomic E-state index is -0.798. The molecule has 3 saturated carbocycles. The van der Waals surface area contributed by atoms with Gasteiger partial charge in [0, 0.05) is 12.6 Å². The van der Waals surface area contributed by atoms with Crippen molar-refractivity contribution in [3.63, 3.8) is 0 Å². The van der Waals surface area contributed by atoms with Crippen molar-refractivity contribution in [1.29, 1.82) is 0 Å². The van der Waals surface area contributed by atoms with E-state index < -0.39 is 7.26 Å². The summed E-state index contributed by atoms with van der Waals surface area (Å²) in [6.45, 7) is 0. The van der Waals surface area contributed by atoms with E-state index in [1.54, 1.807) is 115 Å². The molecule has 0 spiro atoms. The Morgan fingerprint density at radius 1 is 0.452 bits per heavy atom. The van der Waals surface area contributed by atoms with Gasteiger partial charge in [-0.3, -0.25) is 0 Å². The first kappa shape index (κ1) is 28.6. The van der Waals surface area contributed by atoms with Gasteiger partial charge in [-0.15, -0.1) is 0 Å². The third kappa shape index (κ3) is 8.84. The molecule has 3 heteroatoms. The topological polar surface area (TPSA) is 0 Å². The van der Waals surface area contributed by atoms with Crippen molar-refractivity contribution in [1.82, 2.24) is 0 Å². The molecule has 0 unspecified atom stereocenters. The first-order valence-electron chi connectivity index (χ1n) is 14.3. The van der Waals surface area contributed by atoms with Crippen LogP contribution in [0.5, 0.6) is 0 Å². The lowest BCUT2D eigenvalue weighted by Gasteiger charge is -2.49. The summed E-state index contributed by atoms with van der Waals surface area (Å²) >= 11 is 3.57. The molecule has 0 bridgehead atoms. The summed E-state index contributed by atoms with van der Waals surface area (Å²) in [5.41, 5.74) is 3.59. The second-order valence-electron chi connectivity index (χ2n) is 11.1. The average Bonchev–Trinajstić information content (AvgIpc) is 2.82. The summed E-state index contributed by atoms with van der Waals surface area (Å²) in [6, 6.07) is 0. The van der Waals surface area contributed by atoms with Gasteiger partial charge in [0.05, 0.1) is 23.1 Å². The van der Waals surface area contributed by atoms with Crippen molar-refractivity contribution in [3.8, 4) is 0 Å². The first-order valence-corrected chi connectivity index (χ1v) is 17.6. The molecule has 31 heavy (non-hydrogen) atoms. The van der Waals surface area contributed by atoms with Crippen molar-refractivity contribution < 1.29 is 17.0 Å². The number of hydrogen-bond acceptors (Lipinski definition) is 0. The fourth-order valence-electron chi connectivity index (χ4n) is 7.67. The van der Waals surface area contributed by atoms with Crippen LogP contribution in [0.2, 0.25) is 0 Å².